The van der Waals surface area contributed by atoms with Crippen LogP contribution in [0.5, 0.6) is 0 Å². The van der Waals surface area contributed by atoms with Crippen LogP contribution in [0.2, 0.25) is 0 Å². The Bertz CT molecular complexity index is 1150. The molecule has 0 spiro atoms. The van der Waals surface area contributed by atoms with Gasteiger partial charge in [-0.15, -0.1) is 0 Å². The molecule has 0 radical (unpaired) electrons. The molecular formula is C25H24N4O2. The minimum absolute atomic E-state index is 0.0903. The highest BCUT2D eigenvalue weighted by Crippen LogP contribution is 2.25. The number of carbonyl (C=O) groups excluding carboxylic acids is 1. The van der Waals surface area contributed by atoms with Gasteiger partial charge in [0.15, 0.2) is 17.4 Å². The minimum Gasteiger partial charge on any atom is -0.339 e. The van der Waals surface area contributed by atoms with Gasteiger partial charge in [-0.3, -0.25) is 4.79 Å². The third kappa shape index (κ3) is 4.74. The Hall–Kier alpha value is -3.67. The third-order valence-corrected chi connectivity index (χ3v) is 5.13. The maximum atomic E-state index is 13.1. The monoisotopic (exact) mass is 412 g/mol. The molecule has 4 rings (SSSR count). The molecule has 0 aliphatic carbocycles. The lowest BCUT2D eigenvalue weighted by molar-refractivity contribution is 0.0966. The average Bonchev–Trinajstić information content (AvgIpc) is 3.21. The zero-order chi connectivity index (χ0) is 22.0. The van der Waals surface area contributed by atoms with E-state index in [9.17, 15) is 4.79 Å². The summed E-state index contributed by atoms with van der Waals surface area (Å²) in [5.41, 5.74) is 5.22. The molecule has 0 saturated carbocycles. The van der Waals surface area contributed by atoms with Gasteiger partial charge >= 0.3 is 0 Å². The van der Waals surface area contributed by atoms with Crippen LogP contribution >= 0.6 is 0 Å². The summed E-state index contributed by atoms with van der Waals surface area (Å²) < 4.78 is 5.23. The van der Waals surface area contributed by atoms with Crippen molar-refractivity contribution in [2.45, 2.75) is 40.0 Å². The second-order valence-corrected chi connectivity index (χ2v) is 7.90. The number of aryl methyl sites for hydroxylation is 3. The number of ketones is 1. The van der Waals surface area contributed by atoms with E-state index in [0.29, 0.717) is 23.2 Å². The Labute approximate surface area is 181 Å². The van der Waals surface area contributed by atoms with Gasteiger partial charge in [-0.1, -0.05) is 71.7 Å². The Kier molecular flexibility index (Phi) is 5.71. The standard InChI is InChI=1S/C25H24N4O2/c1-15-5-9-19(10-6-15)21-14-22(23(30)13-17(3)25-26-18(4)29-31-25)28-24(27-21)20-11-7-16(2)8-12-20/h5-12,14,17H,13H2,1-4H3/t17-/m0/s1. The number of rotatable bonds is 6. The summed E-state index contributed by atoms with van der Waals surface area (Å²) in [6, 6.07) is 17.8. The number of aromatic nitrogens is 4. The summed E-state index contributed by atoms with van der Waals surface area (Å²) in [5, 5.41) is 3.82. The summed E-state index contributed by atoms with van der Waals surface area (Å²) in [6.07, 6.45) is 0.222. The molecule has 0 amide bonds. The van der Waals surface area contributed by atoms with Crippen LogP contribution in [0.3, 0.4) is 0 Å². The van der Waals surface area contributed by atoms with Gasteiger partial charge in [-0.05, 0) is 26.8 Å². The summed E-state index contributed by atoms with van der Waals surface area (Å²) in [4.78, 5) is 26.7. The van der Waals surface area contributed by atoms with Crippen molar-refractivity contribution in [2.24, 2.45) is 0 Å². The van der Waals surface area contributed by atoms with Crippen molar-refractivity contribution in [3.8, 4) is 22.6 Å². The maximum absolute atomic E-state index is 13.1. The number of nitrogens with zero attached hydrogens (tertiary/aromatic N) is 4. The number of hydrogen-bond donors (Lipinski definition) is 0. The SMILES string of the molecule is Cc1ccc(-c2cc(C(=O)C[C@H](C)c3nc(C)no3)nc(-c3ccc(C)cc3)n2)cc1. The summed E-state index contributed by atoms with van der Waals surface area (Å²) >= 11 is 0. The van der Waals surface area contributed by atoms with E-state index in [2.05, 4.69) is 15.1 Å². The maximum Gasteiger partial charge on any atom is 0.229 e. The number of benzene rings is 2. The van der Waals surface area contributed by atoms with Crippen molar-refractivity contribution in [3.05, 3.63) is 83.1 Å². The Balaban J connectivity index is 1.72. The lowest BCUT2D eigenvalue weighted by atomic mass is 10.0. The first-order valence-corrected chi connectivity index (χ1v) is 10.3. The van der Waals surface area contributed by atoms with E-state index < -0.39 is 0 Å². The van der Waals surface area contributed by atoms with Gasteiger partial charge in [0, 0.05) is 23.5 Å². The smallest absolute Gasteiger partial charge is 0.229 e. The van der Waals surface area contributed by atoms with Gasteiger partial charge in [0.2, 0.25) is 5.89 Å². The molecule has 6 heteroatoms. The fourth-order valence-electron chi connectivity index (χ4n) is 3.28. The van der Waals surface area contributed by atoms with E-state index >= 15 is 0 Å². The van der Waals surface area contributed by atoms with Crippen LogP contribution in [0, 0.1) is 20.8 Å². The van der Waals surface area contributed by atoms with Crippen molar-refractivity contribution in [2.75, 3.05) is 0 Å². The fraction of sp³-hybridized carbons (Fsp3) is 0.240. The van der Waals surface area contributed by atoms with Gasteiger partial charge in [-0.2, -0.15) is 4.98 Å². The molecule has 1 atom stereocenters. The quantitative estimate of drug-likeness (QED) is 0.389. The molecule has 0 saturated heterocycles. The highest BCUT2D eigenvalue weighted by atomic mass is 16.5. The molecule has 0 fully saturated rings. The molecule has 2 aromatic heterocycles. The summed E-state index contributed by atoms with van der Waals surface area (Å²) in [7, 11) is 0. The molecule has 31 heavy (non-hydrogen) atoms. The molecule has 0 aliphatic heterocycles. The zero-order valence-electron chi connectivity index (χ0n) is 18.1. The van der Waals surface area contributed by atoms with E-state index in [-0.39, 0.29) is 18.1 Å². The number of Topliss-reactive ketones (excluding diaryl/α,β-unsaturated/α-hetero) is 1. The van der Waals surface area contributed by atoms with Crippen LogP contribution in [0.15, 0.2) is 59.1 Å². The summed E-state index contributed by atoms with van der Waals surface area (Å²) in [5.74, 6) is 1.25. The first-order chi connectivity index (χ1) is 14.9. The van der Waals surface area contributed by atoms with E-state index in [4.69, 9.17) is 9.51 Å². The molecular weight excluding hydrogens is 388 g/mol. The predicted octanol–water partition coefficient (Wildman–Crippen LogP) is 5.50. The minimum atomic E-state index is -0.200. The van der Waals surface area contributed by atoms with Gasteiger partial charge in [0.1, 0.15) is 5.69 Å². The number of hydrogen-bond acceptors (Lipinski definition) is 6. The van der Waals surface area contributed by atoms with Gasteiger partial charge < -0.3 is 4.52 Å². The summed E-state index contributed by atoms with van der Waals surface area (Å²) in [6.45, 7) is 7.72. The first-order valence-electron chi connectivity index (χ1n) is 10.3. The molecule has 2 aromatic carbocycles. The molecule has 0 bridgehead atoms. The Morgan fingerprint density at radius 2 is 1.48 bits per heavy atom. The molecule has 2 heterocycles. The van der Waals surface area contributed by atoms with E-state index in [1.54, 1.807) is 13.0 Å². The van der Waals surface area contributed by atoms with Crippen molar-refractivity contribution < 1.29 is 9.32 Å². The molecule has 6 nitrogen and oxygen atoms in total. The number of carbonyl (C=O) groups is 1. The first kappa shape index (κ1) is 20.6. The Morgan fingerprint density at radius 3 is 2.06 bits per heavy atom. The lowest BCUT2D eigenvalue weighted by Crippen LogP contribution is -2.09. The van der Waals surface area contributed by atoms with Crippen molar-refractivity contribution in [1.82, 2.24) is 20.1 Å². The van der Waals surface area contributed by atoms with Crippen LogP contribution < -0.4 is 0 Å². The highest BCUT2D eigenvalue weighted by molar-refractivity contribution is 5.96. The van der Waals surface area contributed by atoms with Crippen LogP contribution in [-0.4, -0.2) is 25.9 Å². The van der Waals surface area contributed by atoms with Gasteiger partial charge in [0.25, 0.3) is 0 Å². The molecule has 0 aliphatic rings. The van der Waals surface area contributed by atoms with E-state index in [1.807, 2.05) is 69.3 Å². The van der Waals surface area contributed by atoms with Gasteiger partial charge in [0.05, 0.1) is 5.69 Å². The molecule has 0 N–H and O–H groups in total. The average molecular weight is 412 g/mol. The normalized spacial score (nSPS) is 12.0. The van der Waals surface area contributed by atoms with Crippen LogP contribution in [-0.2, 0) is 0 Å². The second kappa shape index (κ2) is 8.60. The molecule has 156 valence electrons. The van der Waals surface area contributed by atoms with Crippen molar-refractivity contribution >= 4 is 5.78 Å². The topological polar surface area (TPSA) is 81.8 Å². The Morgan fingerprint density at radius 1 is 0.871 bits per heavy atom. The predicted molar refractivity (Wildman–Crippen MR) is 119 cm³/mol. The molecule has 0 unspecified atom stereocenters. The highest BCUT2D eigenvalue weighted by Gasteiger charge is 2.21. The van der Waals surface area contributed by atoms with Gasteiger partial charge in [-0.25, -0.2) is 9.97 Å². The fourth-order valence-corrected chi connectivity index (χ4v) is 3.28. The largest absolute Gasteiger partial charge is 0.339 e. The van der Waals surface area contributed by atoms with Crippen LogP contribution in [0.4, 0.5) is 0 Å². The zero-order valence-corrected chi connectivity index (χ0v) is 18.1. The van der Waals surface area contributed by atoms with Crippen LogP contribution in [0.25, 0.3) is 22.6 Å². The van der Waals surface area contributed by atoms with E-state index in [0.717, 1.165) is 27.9 Å². The van der Waals surface area contributed by atoms with Crippen molar-refractivity contribution in [3.63, 3.8) is 0 Å². The van der Waals surface area contributed by atoms with Crippen LogP contribution in [0.1, 0.15) is 52.6 Å². The van der Waals surface area contributed by atoms with Crippen molar-refractivity contribution in [1.29, 1.82) is 0 Å². The lowest BCUT2D eigenvalue weighted by Gasteiger charge is -2.10. The third-order valence-electron chi connectivity index (χ3n) is 5.13. The van der Waals surface area contributed by atoms with E-state index in [1.165, 1.54) is 0 Å². The second-order valence-electron chi connectivity index (χ2n) is 7.90. The molecule has 4 aromatic rings.